The number of rotatable bonds is 4. The fourth-order valence-corrected chi connectivity index (χ4v) is 3.85. The first kappa shape index (κ1) is 16.3. The molecule has 1 aromatic carbocycles. The molecule has 2 fully saturated rings. The number of benzene rings is 1. The minimum absolute atomic E-state index is 0.0369. The van der Waals surface area contributed by atoms with Crippen LogP contribution in [0, 0.1) is 0 Å². The van der Waals surface area contributed by atoms with Crippen LogP contribution in [0.3, 0.4) is 0 Å². The van der Waals surface area contributed by atoms with Crippen molar-refractivity contribution in [1.82, 2.24) is 15.0 Å². The monoisotopic (exact) mass is 341 g/mol. The maximum atomic E-state index is 13.0. The number of ether oxygens (including phenoxy) is 1. The molecule has 0 saturated carbocycles. The minimum Gasteiger partial charge on any atom is -0.373 e. The molecule has 2 aliphatic rings. The number of carbonyl (C=O) groups excluding carboxylic acids is 1. The van der Waals surface area contributed by atoms with E-state index in [1.807, 2.05) is 23.1 Å². The molecule has 3 heterocycles. The highest BCUT2D eigenvalue weighted by atomic mass is 16.5. The second-order valence-electron chi connectivity index (χ2n) is 6.66. The van der Waals surface area contributed by atoms with E-state index in [4.69, 9.17) is 9.26 Å². The molecular formula is C19H23N3O3. The van der Waals surface area contributed by atoms with E-state index in [9.17, 15) is 4.79 Å². The average Bonchev–Trinajstić information content (AvgIpc) is 3.36. The van der Waals surface area contributed by atoms with E-state index < -0.39 is 0 Å². The van der Waals surface area contributed by atoms with Crippen LogP contribution in [-0.4, -0.2) is 59.8 Å². The normalized spacial score (nSPS) is 24.6. The van der Waals surface area contributed by atoms with Gasteiger partial charge >= 0.3 is 0 Å². The molecule has 6 heteroatoms. The molecule has 2 aromatic rings. The Labute approximate surface area is 147 Å². The lowest BCUT2D eigenvalue weighted by Crippen LogP contribution is -2.51. The number of hydrogen-bond acceptors (Lipinski definition) is 5. The van der Waals surface area contributed by atoms with Crippen molar-refractivity contribution in [3.8, 4) is 0 Å². The largest absolute Gasteiger partial charge is 0.373 e. The summed E-state index contributed by atoms with van der Waals surface area (Å²) >= 11 is 0. The summed E-state index contributed by atoms with van der Waals surface area (Å²) in [6.45, 7) is 4.17. The minimum atomic E-state index is -0.111. The number of carbonyl (C=O) groups is 1. The molecule has 2 aliphatic heterocycles. The lowest BCUT2D eigenvalue weighted by molar-refractivity contribution is -0.0709. The van der Waals surface area contributed by atoms with Crippen molar-refractivity contribution in [3.05, 3.63) is 53.9 Å². The number of likely N-dealkylation sites (tertiary alicyclic amines) is 1. The van der Waals surface area contributed by atoms with Crippen molar-refractivity contribution < 1.29 is 14.1 Å². The molecule has 0 N–H and O–H groups in total. The second-order valence-corrected chi connectivity index (χ2v) is 6.66. The maximum Gasteiger partial charge on any atom is 0.276 e. The van der Waals surface area contributed by atoms with Crippen molar-refractivity contribution in [2.75, 3.05) is 32.8 Å². The summed E-state index contributed by atoms with van der Waals surface area (Å²) in [4.78, 5) is 17.3. The van der Waals surface area contributed by atoms with Crippen LogP contribution in [-0.2, 0) is 4.74 Å². The average molecular weight is 341 g/mol. The van der Waals surface area contributed by atoms with Crippen LogP contribution in [0.15, 0.2) is 47.2 Å². The van der Waals surface area contributed by atoms with Gasteiger partial charge in [0.05, 0.1) is 18.8 Å². The zero-order chi connectivity index (χ0) is 17.1. The van der Waals surface area contributed by atoms with Gasteiger partial charge in [0, 0.05) is 19.2 Å². The van der Waals surface area contributed by atoms with Gasteiger partial charge in [0.25, 0.3) is 5.91 Å². The summed E-state index contributed by atoms with van der Waals surface area (Å²) in [5.41, 5.74) is 1.45. The van der Waals surface area contributed by atoms with Gasteiger partial charge in [0.15, 0.2) is 5.69 Å². The second kappa shape index (κ2) is 7.37. The summed E-state index contributed by atoms with van der Waals surface area (Å²) in [5.74, 6) is -0.0997. The van der Waals surface area contributed by atoms with Crippen molar-refractivity contribution in [1.29, 1.82) is 0 Å². The summed E-state index contributed by atoms with van der Waals surface area (Å²) in [5, 5.41) is 3.83. The highest BCUT2D eigenvalue weighted by Gasteiger charge is 2.38. The lowest BCUT2D eigenvalue weighted by atomic mass is 9.97. The van der Waals surface area contributed by atoms with Gasteiger partial charge in [0.1, 0.15) is 6.26 Å². The maximum absolute atomic E-state index is 13.0. The number of hydrogen-bond donors (Lipinski definition) is 0. The summed E-state index contributed by atoms with van der Waals surface area (Å²) < 4.78 is 11.0. The van der Waals surface area contributed by atoms with E-state index in [0.717, 1.165) is 25.2 Å². The Bertz CT molecular complexity index is 683. The molecular weight excluding hydrogens is 318 g/mol. The SMILES string of the molecule is O=C(c1ccon1)N1CCO[C@@H](CN2CCCC2)[C@@H]1c1ccccc1. The topological polar surface area (TPSA) is 58.8 Å². The molecule has 132 valence electrons. The van der Waals surface area contributed by atoms with Gasteiger partial charge < -0.3 is 19.1 Å². The predicted molar refractivity (Wildman–Crippen MR) is 92.1 cm³/mol. The zero-order valence-electron chi connectivity index (χ0n) is 14.2. The molecule has 2 atom stereocenters. The number of amides is 1. The van der Waals surface area contributed by atoms with E-state index in [-0.39, 0.29) is 18.1 Å². The van der Waals surface area contributed by atoms with Gasteiger partial charge in [-0.3, -0.25) is 4.79 Å². The molecule has 0 radical (unpaired) electrons. The van der Waals surface area contributed by atoms with E-state index in [1.165, 1.54) is 19.1 Å². The van der Waals surface area contributed by atoms with Crippen molar-refractivity contribution >= 4 is 5.91 Å². The van der Waals surface area contributed by atoms with Crippen LogP contribution in [0.1, 0.15) is 34.9 Å². The zero-order valence-corrected chi connectivity index (χ0v) is 14.2. The molecule has 1 aromatic heterocycles. The van der Waals surface area contributed by atoms with E-state index in [1.54, 1.807) is 6.07 Å². The molecule has 1 amide bonds. The molecule has 0 aliphatic carbocycles. The first-order chi connectivity index (χ1) is 12.3. The summed E-state index contributed by atoms with van der Waals surface area (Å²) in [6.07, 6.45) is 3.88. The smallest absolute Gasteiger partial charge is 0.276 e. The van der Waals surface area contributed by atoms with Crippen LogP contribution < -0.4 is 0 Å². The highest BCUT2D eigenvalue weighted by Crippen LogP contribution is 2.31. The van der Waals surface area contributed by atoms with Gasteiger partial charge in [0.2, 0.25) is 0 Å². The fourth-order valence-electron chi connectivity index (χ4n) is 3.85. The van der Waals surface area contributed by atoms with Crippen molar-refractivity contribution in [2.45, 2.75) is 25.0 Å². The van der Waals surface area contributed by atoms with Crippen LogP contribution in [0.4, 0.5) is 0 Å². The van der Waals surface area contributed by atoms with E-state index >= 15 is 0 Å². The van der Waals surface area contributed by atoms with Crippen LogP contribution in [0.2, 0.25) is 0 Å². The van der Waals surface area contributed by atoms with Crippen molar-refractivity contribution in [3.63, 3.8) is 0 Å². The van der Waals surface area contributed by atoms with E-state index in [0.29, 0.717) is 18.8 Å². The fraction of sp³-hybridized carbons (Fsp3) is 0.474. The summed E-state index contributed by atoms with van der Waals surface area (Å²) in [6, 6.07) is 11.7. The number of morpholine rings is 1. The molecule has 6 nitrogen and oxygen atoms in total. The van der Waals surface area contributed by atoms with Gasteiger partial charge in [-0.25, -0.2) is 0 Å². The Kier molecular flexibility index (Phi) is 4.81. The van der Waals surface area contributed by atoms with E-state index in [2.05, 4.69) is 22.2 Å². The third kappa shape index (κ3) is 3.45. The van der Waals surface area contributed by atoms with Crippen LogP contribution >= 0.6 is 0 Å². The molecule has 2 saturated heterocycles. The van der Waals surface area contributed by atoms with Gasteiger partial charge in [-0.05, 0) is 31.5 Å². The number of aromatic nitrogens is 1. The lowest BCUT2D eigenvalue weighted by Gasteiger charge is -2.42. The molecule has 0 bridgehead atoms. The van der Waals surface area contributed by atoms with Crippen LogP contribution in [0.5, 0.6) is 0 Å². The third-order valence-electron chi connectivity index (χ3n) is 5.05. The molecule has 25 heavy (non-hydrogen) atoms. The van der Waals surface area contributed by atoms with Crippen molar-refractivity contribution in [2.24, 2.45) is 0 Å². The standard InChI is InChI=1S/C19H23N3O3/c23-19(16-8-12-25-20-16)22-11-13-24-17(14-21-9-4-5-10-21)18(22)15-6-2-1-3-7-15/h1-3,6-8,12,17-18H,4-5,9-11,13-14H2/t17-,18-/m0/s1. The van der Waals surface area contributed by atoms with Crippen LogP contribution in [0.25, 0.3) is 0 Å². The Morgan fingerprint density at radius 3 is 2.64 bits per heavy atom. The number of nitrogens with zero attached hydrogens (tertiary/aromatic N) is 3. The molecule has 4 rings (SSSR count). The molecule has 0 unspecified atom stereocenters. The Hall–Kier alpha value is -2.18. The first-order valence-electron chi connectivity index (χ1n) is 8.93. The Morgan fingerprint density at radius 2 is 1.92 bits per heavy atom. The first-order valence-corrected chi connectivity index (χ1v) is 8.93. The third-order valence-corrected chi connectivity index (χ3v) is 5.05. The summed E-state index contributed by atoms with van der Waals surface area (Å²) in [7, 11) is 0. The Balaban J connectivity index is 1.63. The quantitative estimate of drug-likeness (QED) is 0.854. The highest BCUT2D eigenvalue weighted by molar-refractivity contribution is 5.92. The van der Waals surface area contributed by atoms with Gasteiger partial charge in [-0.1, -0.05) is 35.5 Å². The molecule has 0 spiro atoms. The van der Waals surface area contributed by atoms with Gasteiger partial charge in [-0.15, -0.1) is 0 Å². The predicted octanol–water partition coefficient (Wildman–Crippen LogP) is 2.35. The van der Waals surface area contributed by atoms with Gasteiger partial charge in [-0.2, -0.15) is 0 Å². The Morgan fingerprint density at radius 1 is 1.12 bits per heavy atom.